The quantitative estimate of drug-likeness (QED) is 0.389. The Morgan fingerprint density at radius 2 is 2.03 bits per heavy atom. The molecule has 32 heavy (non-hydrogen) atoms. The van der Waals surface area contributed by atoms with Crippen LogP contribution in [0.4, 0.5) is 0 Å². The van der Waals surface area contributed by atoms with Crippen LogP contribution in [-0.2, 0) is 17.9 Å². The van der Waals surface area contributed by atoms with Crippen molar-refractivity contribution < 1.29 is 14.3 Å². The largest absolute Gasteiger partial charge is 0.454 e. The summed E-state index contributed by atoms with van der Waals surface area (Å²) in [5, 5.41) is 4.45. The van der Waals surface area contributed by atoms with Crippen LogP contribution >= 0.6 is 23.4 Å². The smallest absolute Gasteiger partial charge is 0.262 e. The fraction of sp³-hybridized carbons (Fsp3) is 0.348. The van der Waals surface area contributed by atoms with Crippen LogP contribution in [0.3, 0.4) is 0 Å². The molecule has 0 atom stereocenters. The average Bonchev–Trinajstić information content (AvgIpc) is 3.23. The Hall–Kier alpha value is -2.71. The molecule has 1 aromatic heterocycles. The van der Waals surface area contributed by atoms with Crippen LogP contribution in [0.2, 0.25) is 5.02 Å². The molecule has 0 saturated carbocycles. The maximum absolute atomic E-state index is 13.1. The van der Waals surface area contributed by atoms with E-state index >= 15 is 0 Å². The number of amides is 1. The first-order chi connectivity index (χ1) is 15.4. The fourth-order valence-electron chi connectivity index (χ4n) is 3.30. The highest BCUT2D eigenvalue weighted by atomic mass is 35.5. The highest BCUT2D eigenvalue weighted by Crippen LogP contribution is 2.32. The van der Waals surface area contributed by atoms with Crippen LogP contribution in [0.1, 0.15) is 25.8 Å². The normalized spacial score (nSPS) is 12.5. The third kappa shape index (κ3) is 5.19. The molecule has 0 bridgehead atoms. The molecule has 0 aliphatic carbocycles. The number of thioether (sulfide) groups is 1. The van der Waals surface area contributed by atoms with Crippen molar-refractivity contribution in [1.82, 2.24) is 14.9 Å². The molecule has 1 aliphatic heterocycles. The molecule has 0 fully saturated rings. The number of fused-ring (bicyclic) bond motifs is 2. The van der Waals surface area contributed by atoms with Crippen LogP contribution in [0, 0.1) is 5.92 Å². The van der Waals surface area contributed by atoms with E-state index in [4.69, 9.17) is 21.1 Å². The number of carbonyl (C=O) groups excluding carboxylic acids is 1. The summed E-state index contributed by atoms with van der Waals surface area (Å²) in [5.41, 5.74) is 1.34. The molecule has 168 valence electrons. The second-order valence-electron chi connectivity index (χ2n) is 7.95. The Morgan fingerprint density at radius 3 is 2.84 bits per heavy atom. The number of nitrogens with zero attached hydrogens (tertiary/aromatic N) is 2. The van der Waals surface area contributed by atoms with Gasteiger partial charge in [0.25, 0.3) is 5.56 Å². The molecule has 1 N–H and O–H groups in total. The zero-order valence-electron chi connectivity index (χ0n) is 17.9. The van der Waals surface area contributed by atoms with Gasteiger partial charge in [-0.15, -0.1) is 0 Å². The van der Waals surface area contributed by atoms with Crippen molar-refractivity contribution in [3.05, 3.63) is 57.3 Å². The van der Waals surface area contributed by atoms with Crippen molar-refractivity contribution in [2.45, 2.75) is 38.5 Å². The molecule has 2 aromatic carbocycles. The molecule has 0 saturated heterocycles. The fourth-order valence-corrected chi connectivity index (χ4v) is 4.32. The molecular formula is C23H24ClN3O4S. The second-order valence-corrected chi connectivity index (χ2v) is 9.33. The summed E-state index contributed by atoms with van der Waals surface area (Å²) in [7, 11) is 0. The van der Waals surface area contributed by atoms with Crippen molar-refractivity contribution in [2.75, 3.05) is 12.5 Å². The first kappa shape index (κ1) is 22.5. The van der Waals surface area contributed by atoms with Crippen molar-refractivity contribution >= 4 is 40.2 Å². The van der Waals surface area contributed by atoms with Crippen molar-refractivity contribution in [3.8, 4) is 11.5 Å². The Morgan fingerprint density at radius 1 is 1.22 bits per heavy atom. The predicted octanol–water partition coefficient (Wildman–Crippen LogP) is 4.23. The summed E-state index contributed by atoms with van der Waals surface area (Å²) >= 11 is 7.34. The van der Waals surface area contributed by atoms with Crippen LogP contribution in [0.5, 0.6) is 11.5 Å². The van der Waals surface area contributed by atoms with Gasteiger partial charge in [0, 0.05) is 18.1 Å². The Labute approximate surface area is 195 Å². The van der Waals surface area contributed by atoms with Gasteiger partial charge in [-0.3, -0.25) is 14.2 Å². The molecule has 0 spiro atoms. The second kappa shape index (κ2) is 9.83. The lowest BCUT2D eigenvalue weighted by Crippen LogP contribution is -2.27. The molecule has 0 unspecified atom stereocenters. The lowest BCUT2D eigenvalue weighted by Gasteiger charge is -2.14. The third-order valence-electron chi connectivity index (χ3n) is 5.07. The van der Waals surface area contributed by atoms with Crippen molar-refractivity contribution in [2.24, 2.45) is 5.92 Å². The SMILES string of the molecule is CC(C)CCn1c(SCC(=O)NCc2ccc3c(c2)OCO3)nc2cc(Cl)ccc2c1=O. The monoisotopic (exact) mass is 473 g/mol. The van der Waals surface area contributed by atoms with Gasteiger partial charge in [-0.25, -0.2) is 4.98 Å². The first-order valence-corrected chi connectivity index (χ1v) is 11.7. The maximum atomic E-state index is 13.1. The molecule has 9 heteroatoms. The lowest BCUT2D eigenvalue weighted by atomic mass is 10.1. The topological polar surface area (TPSA) is 82.5 Å². The van der Waals surface area contributed by atoms with E-state index in [1.165, 1.54) is 11.8 Å². The average molecular weight is 474 g/mol. The number of hydrogen-bond donors (Lipinski definition) is 1. The van der Waals surface area contributed by atoms with E-state index in [1.54, 1.807) is 22.8 Å². The van der Waals surface area contributed by atoms with Crippen LogP contribution < -0.4 is 20.3 Å². The van der Waals surface area contributed by atoms with E-state index < -0.39 is 0 Å². The minimum Gasteiger partial charge on any atom is -0.454 e. The van der Waals surface area contributed by atoms with Gasteiger partial charge >= 0.3 is 0 Å². The number of nitrogens with one attached hydrogen (secondary N) is 1. The van der Waals surface area contributed by atoms with Crippen molar-refractivity contribution in [1.29, 1.82) is 0 Å². The zero-order chi connectivity index (χ0) is 22.7. The number of aromatic nitrogens is 2. The Balaban J connectivity index is 1.46. The number of carbonyl (C=O) groups is 1. The highest BCUT2D eigenvalue weighted by molar-refractivity contribution is 7.99. The zero-order valence-corrected chi connectivity index (χ0v) is 19.5. The van der Waals surface area contributed by atoms with Gasteiger partial charge in [-0.2, -0.15) is 0 Å². The maximum Gasteiger partial charge on any atom is 0.262 e. The summed E-state index contributed by atoms with van der Waals surface area (Å²) in [4.78, 5) is 30.2. The number of benzene rings is 2. The molecule has 2 heterocycles. The Bertz CT molecular complexity index is 1210. The third-order valence-corrected chi connectivity index (χ3v) is 6.28. The highest BCUT2D eigenvalue weighted by Gasteiger charge is 2.16. The van der Waals surface area contributed by atoms with E-state index in [0.717, 1.165) is 12.0 Å². The summed E-state index contributed by atoms with van der Waals surface area (Å²) in [5.74, 6) is 1.82. The summed E-state index contributed by atoms with van der Waals surface area (Å²) in [6.07, 6.45) is 0.838. The molecule has 1 amide bonds. The van der Waals surface area contributed by atoms with Crippen LogP contribution in [0.25, 0.3) is 10.9 Å². The summed E-state index contributed by atoms with van der Waals surface area (Å²) < 4.78 is 12.3. The van der Waals surface area contributed by atoms with Gasteiger partial charge in [0.2, 0.25) is 12.7 Å². The minimum atomic E-state index is -0.150. The van der Waals surface area contributed by atoms with Gasteiger partial charge in [-0.1, -0.05) is 43.3 Å². The number of rotatable bonds is 8. The molecule has 3 aromatic rings. The molecule has 7 nitrogen and oxygen atoms in total. The van der Waals surface area contributed by atoms with Gasteiger partial charge < -0.3 is 14.8 Å². The van der Waals surface area contributed by atoms with E-state index in [9.17, 15) is 9.59 Å². The standard InChI is InChI=1S/C23H24ClN3O4S/c1-14(2)7-8-27-22(29)17-5-4-16(24)10-18(17)26-23(27)32-12-21(28)25-11-15-3-6-19-20(9-15)31-13-30-19/h3-6,9-10,14H,7-8,11-13H2,1-2H3,(H,25,28). The Kier molecular flexibility index (Phi) is 6.91. The van der Waals surface area contributed by atoms with E-state index in [0.29, 0.717) is 51.6 Å². The first-order valence-electron chi connectivity index (χ1n) is 10.4. The molecule has 4 rings (SSSR count). The molecule has 0 radical (unpaired) electrons. The van der Waals surface area contributed by atoms with Gasteiger partial charge in [0.05, 0.1) is 16.7 Å². The van der Waals surface area contributed by atoms with Crippen LogP contribution in [0.15, 0.2) is 46.3 Å². The van der Waals surface area contributed by atoms with Crippen LogP contribution in [-0.4, -0.2) is 28.0 Å². The van der Waals surface area contributed by atoms with E-state index in [2.05, 4.69) is 24.1 Å². The predicted molar refractivity (Wildman–Crippen MR) is 126 cm³/mol. The lowest BCUT2D eigenvalue weighted by molar-refractivity contribution is -0.118. The molecular weight excluding hydrogens is 450 g/mol. The van der Waals surface area contributed by atoms with Gasteiger partial charge in [0.15, 0.2) is 16.7 Å². The van der Waals surface area contributed by atoms with E-state index in [1.807, 2.05) is 18.2 Å². The van der Waals surface area contributed by atoms with E-state index in [-0.39, 0.29) is 24.0 Å². The number of ether oxygens (including phenoxy) is 2. The molecule has 1 aliphatic rings. The number of halogens is 1. The van der Waals surface area contributed by atoms with Gasteiger partial charge in [-0.05, 0) is 48.2 Å². The van der Waals surface area contributed by atoms with Gasteiger partial charge in [0.1, 0.15) is 0 Å². The summed E-state index contributed by atoms with van der Waals surface area (Å²) in [6, 6.07) is 10.6. The number of hydrogen-bond acceptors (Lipinski definition) is 6. The van der Waals surface area contributed by atoms with Crippen molar-refractivity contribution in [3.63, 3.8) is 0 Å². The summed E-state index contributed by atoms with van der Waals surface area (Å²) in [6.45, 7) is 5.34. The minimum absolute atomic E-state index is 0.115.